The lowest BCUT2D eigenvalue weighted by Crippen LogP contribution is -2.54. The minimum absolute atomic E-state index is 0.0940. The number of halogens is 1. The van der Waals surface area contributed by atoms with Crippen LogP contribution in [0.2, 0.25) is 5.02 Å². The largest absolute Gasteiger partial charge is 0.493 e. The standard InChI is InChI=1S/C30H28ClN3O6/c1-16-6-7-18(3)24(10-16)32-26(35)15-40-27-23(31)13-20(14-25(27)39-5)12-22-28(36)33-30(38)34(29(22)37)21-9-8-17(2)19(4)11-21/h6-14H,15H2,1-5H3,(H,32,35)(H,33,36,38)/b22-12-. The van der Waals surface area contributed by atoms with Gasteiger partial charge in [-0.05, 0) is 91.9 Å². The summed E-state index contributed by atoms with van der Waals surface area (Å²) in [6.45, 7) is 7.25. The van der Waals surface area contributed by atoms with Gasteiger partial charge in [0.15, 0.2) is 18.1 Å². The number of amides is 5. The fraction of sp³-hybridized carbons (Fsp3) is 0.200. The van der Waals surface area contributed by atoms with Crippen molar-refractivity contribution in [3.63, 3.8) is 0 Å². The van der Waals surface area contributed by atoms with Gasteiger partial charge in [-0.3, -0.25) is 19.7 Å². The molecule has 1 aliphatic rings. The third-order valence-electron chi connectivity index (χ3n) is 6.43. The Morgan fingerprint density at radius 2 is 1.70 bits per heavy atom. The summed E-state index contributed by atoms with van der Waals surface area (Å²) in [5.74, 6) is -1.71. The van der Waals surface area contributed by atoms with E-state index in [4.69, 9.17) is 21.1 Å². The van der Waals surface area contributed by atoms with Crippen LogP contribution in [-0.4, -0.2) is 37.5 Å². The lowest BCUT2D eigenvalue weighted by molar-refractivity contribution is -0.122. The minimum Gasteiger partial charge on any atom is -0.493 e. The molecule has 0 aromatic heterocycles. The normalized spacial score (nSPS) is 14.3. The first-order chi connectivity index (χ1) is 19.0. The highest BCUT2D eigenvalue weighted by Gasteiger charge is 2.37. The maximum atomic E-state index is 13.3. The van der Waals surface area contributed by atoms with E-state index in [9.17, 15) is 19.2 Å². The third-order valence-corrected chi connectivity index (χ3v) is 6.71. The molecule has 1 aliphatic heterocycles. The molecular weight excluding hydrogens is 534 g/mol. The van der Waals surface area contributed by atoms with E-state index in [1.165, 1.54) is 25.3 Å². The molecule has 206 valence electrons. The molecule has 1 fully saturated rings. The zero-order valence-electron chi connectivity index (χ0n) is 22.7. The van der Waals surface area contributed by atoms with E-state index in [0.717, 1.165) is 27.2 Å². The number of carbonyl (C=O) groups is 4. The molecule has 3 aromatic carbocycles. The second-order valence-electron chi connectivity index (χ2n) is 9.42. The predicted octanol–water partition coefficient (Wildman–Crippen LogP) is 5.27. The summed E-state index contributed by atoms with van der Waals surface area (Å²) in [6.07, 6.45) is 1.31. The van der Waals surface area contributed by atoms with Crippen LogP contribution in [0, 0.1) is 27.7 Å². The summed E-state index contributed by atoms with van der Waals surface area (Å²) in [5, 5.41) is 5.11. The Balaban J connectivity index is 1.57. The van der Waals surface area contributed by atoms with Crippen molar-refractivity contribution in [2.45, 2.75) is 27.7 Å². The van der Waals surface area contributed by atoms with Gasteiger partial charge in [-0.1, -0.05) is 29.8 Å². The molecule has 0 unspecified atom stereocenters. The Kier molecular flexibility index (Phi) is 8.25. The molecule has 10 heteroatoms. The molecule has 0 radical (unpaired) electrons. The zero-order chi connectivity index (χ0) is 29.1. The number of hydrogen-bond acceptors (Lipinski definition) is 6. The second-order valence-corrected chi connectivity index (χ2v) is 9.82. The first-order valence-electron chi connectivity index (χ1n) is 12.3. The second kappa shape index (κ2) is 11.6. The molecule has 1 heterocycles. The maximum Gasteiger partial charge on any atom is 0.335 e. The highest BCUT2D eigenvalue weighted by molar-refractivity contribution is 6.39. The molecule has 0 aliphatic carbocycles. The van der Waals surface area contributed by atoms with Crippen LogP contribution in [0.25, 0.3) is 6.08 Å². The number of imide groups is 2. The van der Waals surface area contributed by atoms with E-state index >= 15 is 0 Å². The lowest BCUT2D eigenvalue weighted by Gasteiger charge is -2.27. The zero-order valence-corrected chi connectivity index (χ0v) is 23.4. The average Bonchev–Trinajstić information content (AvgIpc) is 2.89. The van der Waals surface area contributed by atoms with Gasteiger partial charge in [0.1, 0.15) is 5.57 Å². The lowest BCUT2D eigenvalue weighted by atomic mass is 10.0. The number of nitrogens with one attached hydrogen (secondary N) is 2. The number of rotatable bonds is 7. The Morgan fingerprint density at radius 1 is 0.975 bits per heavy atom. The molecule has 4 rings (SSSR count). The van der Waals surface area contributed by atoms with E-state index in [2.05, 4.69) is 10.6 Å². The fourth-order valence-corrected chi connectivity index (χ4v) is 4.35. The topological polar surface area (TPSA) is 114 Å². The first kappa shape index (κ1) is 28.4. The first-order valence-corrected chi connectivity index (χ1v) is 12.7. The number of aryl methyl sites for hydroxylation is 4. The molecule has 1 saturated heterocycles. The van der Waals surface area contributed by atoms with E-state index in [-0.39, 0.29) is 28.7 Å². The van der Waals surface area contributed by atoms with Crippen LogP contribution in [0.4, 0.5) is 16.2 Å². The summed E-state index contributed by atoms with van der Waals surface area (Å²) in [5.41, 5.74) is 4.88. The van der Waals surface area contributed by atoms with E-state index < -0.39 is 23.8 Å². The average molecular weight is 562 g/mol. The van der Waals surface area contributed by atoms with Crippen molar-refractivity contribution in [3.8, 4) is 11.5 Å². The smallest absolute Gasteiger partial charge is 0.335 e. The maximum absolute atomic E-state index is 13.3. The van der Waals surface area contributed by atoms with Gasteiger partial charge in [0, 0.05) is 5.69 Å². The van der Waals surface area contributed by atoms with Crippen LogP contribution in [0.1, 0.15) is 27.8 Å². The number of nitrogens with zero attached hydrogens (tertiary/aromatic N) is 1. The predicted molar refractivity (Wildman–Crippen MR) is 153 cm³/mol. The van der Waals surface area contributed by atoms with Crippen LogP contribution >= 0.6 is 11.6 Å². The Labute approximate surface area is 236 Å². The van der Waals surface area contributed by atoms with Gasteiger partial charge < -0.3 is 14.8 Å². The number of carbonyl (C=O) groups excluding carboxylic acids is 4. The quantitative estimate of drug-likeness (QED) is 0.300. The van der Waals surface area contributed by atoms with E-state index in [0.29, 0.717) is 16.9 Å². The molecule has 2 N–H and O–H groups in total. The Morgan fingerprint density at radius 3 is 2.40 bits per heavy atom. The number of benzene rings is 3. The number of ether oxygens (including phenoxy) is 2. The molecule has 0 spiro atoms. The van der Waals surface area contributed by atoms with Crippen LogP contribution in [-0.2, 0) is 14.4 Å². The van der Waals surface area contributed by atoms with Crippen molar-refractivity contribution in [1.29, 1.82) is 0 Å². The summed E-state index contributed by atoms with van der Waals surface area (Å²) in [7, 11) is 1.39. The number of methoxy groups -OCH3 is 1. The molecule has 3 aromatic rings. The van der Waals surface area contributed by atoms with Crippen LogP contribution in [0.3, 0.4) is 0 Å². The van der Waals surface area contributed by atoms with Gasteiger partial charge in [0.25, 0.3) is 17.7 Å². The molecule has 40 heavy (non-hydrogen) atoms. The number of anilines is 2. The third kappa shape index (κ3) is 6.00. The number of hydrogen-bond donors (Lipinski definition) is 2. The minimum atomic E-state index is -0.839. The van der Waals surface area contributed by atoms with Crippen molar-refractivity contribution >= 4 is 52.8 Å². The number of barbiturate groups is 1. The highest BCUT2D eigenvalue weighted by atomic mass is 35.5. The summed E-state index contributed by atoms with van der Waals surface area (Å²) in [6, 6.07) is 13.0. The van der Waals surface area contributed by atoms with Crippen molar-refractivity contribution < 1.29 is 28.7 Å². The Hall–Kier alpha value is -4.63. The summed E-state index contributed by atoms with van der Waals surface area (Å²) in [4.78, 5) is 51.9. The summed E-state index contributed by atoms with van der Waals surface area (Å²) < 4.78 is 11.1. The van der Waals surface area contributed by atoms with Crippen molar-refractivity contribution in [3.05, 3.63) is 86.9 Å². The fourth-order valence-electron chi connectivity index (χ4n) is 4.08. The number of urea groups is 1. The van der Waals surface area contributed by atoms with Crippen LogP contribution < -0.4 is 25.0 Å². The van der Waals surface area contributed by atoms with Gasteiger partial charge in [-0.15, -0.1) is 0 Å². The van der Waals surface area contributed by atoms with Crippen LogP contribution in [0.5, 0.6) is 11.5 Å². The van der Waals surface area contributed by atoms with E-state index in [1.54, 1.807) is 18.2 Å². The van der Waals surface area contributed by atoms with Crippen molar-refractivity contribution in [2.24, 2.45) is 0 Å². The highest BCUT2D eigenvalue weighted by Crippen LogP contribution is 2.37. The van der Waals surface area contributed by atoms with Gasteiger partial charge in [-0.2, -0.15) is 0 Å². The van der Waals surface area contributed by atoms with Gasteiger partial charge in [0.05, 0.1) is 17.8 Å². The van der Waals surface area contributed by atoms with Gasteiger partial charge >= 0.3 is 6.03 Å². The van der Waals surface area contributed by atoms with Crippen molar-refractivity contribution in [1.82, 2.24) is 5.32 Å². The molecule has 5 amide bonds. The molecular formula is C30H28ClN3O6. The molecule has 9 nitrogen and oxygen atoms in total. The van der Waals surface area contributed by atoms with E-state index in [1.807, 2.05) is 45.9 Å². The monoisotopic (exact) mass is 561 g/mol. The molecule has 0 bridgehead atoms. The molecule has 0 atom stereocenters. The summed E-state index contributed by atoms with van der Waals surface area (Å²) >= 11 is 6.46. The van der Waals surface area contributed by atoms with Gasteiger partial charge in [-0.25, -0.2) is 9.69 Å². The molecule has 0 saturated carbocycles. The van der Waals surface area contributed by atoms with Gasteiger partial charge in [0.2, 0.25) is 0 Å². The van der Waals surface area contributed by atoms with Crippen molar-refractivity contribution in [2.75, 3.05) is 23.9 Å². The Bertz CT molecular complexity index is 1580. The van der Waals surface area contributed by atoms with Crippen LogP contribution in [0.15, 0.2) is 54.1 Å². The SMILES string of the molecule is COc1cc(/C=C2/C(=O)NC(=O)N(c3ccc(C)c(C)c3)C2=O)cc(Cl)c1OCC(=O)Nc1cc(C)ccc1C.